The van der Waals surface area contributed by atoms with Crippen molar-refractivity contribution in [3.05, 3.63) is 75.9 Å². The van der Waals surface area contributed by atoms with Crippen LogP contribution in [0.1, 0.15) is 16.1 Å². The van der Waals surface area contributed by atoms with Crippen LogP contribution in [0.5, 0.6) is 0 Å². The molecule has 30 heavy (non-hydrogen) atoms. The first-order valence-corrected chi connectivity index (χ1v) is 10.7. The summed E-state index contributed by atoms with van der Waals surface area (Å²) in [7, 11) is 0. The van der Waals surface area contributed by atoms with Gasteiger partial charge in [-0.1, -0.05) is 51.4 Å². The molecule has 1 amide bonds. The van der Waals surface area contributed by atoms with Crippen molar-refractivity contribution in [1.29, 1.82) is 0 Å². The van der Waals surface area contributed by atoms with Crippen LogP contribution in [0.25, 0.3) is 33.0 Å². The van der Waals surface area contributed by atoms with Gasteiger partial charge >= 0.3 is 0 Å². The topological polar surface area (TPSA) is 81.2 Å². The van der Waals surface area contributed by atoms with Gasteiger partial charge in [0.2, 0.25) is 0 Å². The second-order valence-electron chi connectivity index (χ2n) is 6.60. The molecule has 5 aromatic rings. The van der Waals surface area contributed by atoms with Crippen molar-refractivity contribution in [2.45, 2.75) is 6.92 Å². The lowest BCUT2D eigenvalue weighted by Crippen LogP contribution is -2.12. The van der Waals surface area contributed by atoms with E-state index < -0.39 is 0 Å². The van der Waals surface area contributed by atoms with Crippen LogP contribution in [-0.4, -0.2) is 16.0 Å². The predicted molar refractivity (Wildman–Crippen MR) is 120 cm³/mol. The molecule has 0 aliphatic carbocycles. The number of nitrogens with one attached hydrogen (secondary N) is 1. The van der Waals surface area contributed by atoms with Crippen LogP contribution < -0.4 is 5.32 Å². The molecule has 0 fully saturated rings. The summed E-state index contributed by atoms with van der Waals surface area (Å²) in [6, 6.07) is 15.6. The van der Waals surface area contributed by atoms with E-state index in [1.807, 2.05) is 53.9 Å². The molecule has 2 aromatic carbocycles. The van der Waals surface area contributed by atoms with Crippen LogP contribution in [-0.2, 0) is 0 Å². The number of anilines is 1. The number of rotatable bonds is 4. The van der Waals surface area contributed by atoms with Gasteiger partial charge in [0.15, 0.2) is 5.76 Å². The molecule has 1 N–H and O–H groups in total. The van der Waals surface area contributed by atoms with Gasteiger partial charge in [0, 0.05) is 20.8 Å². The Hall–Kier alpha value is -3.23. The average Bonchev–Trinajstić information content (AvgIpc) is 3.48. The summed E-state index contributed by atoms with van der Waals surface area (Å²) < 4.78 is 12.0. The monoisotopic (exact) mass is 479 g/mol. The first-order chi connectivity index (χ1) is 14.6. The van der Waals surface area contributed by atoms with Crippen molar-refractivity contribution in [2.24, 2.45) is 0 Å². The molecular formula is C22H14BrN3O3S. The highest BCUT2D eigenvalue weighted by Gasteiger charge is 2.23. The number of aryl methyl sites for hydroxylation is 1. The lowest BCUT2D eigenvalue weighted by Gasteiger charge is -2.04. The Bertz CT molecular complexity index is 1370. The minimum Gasteiger partial charge on any atom is -0.452 e. The molecule has 0 aliphatic heterocycles. The Morgan fingerprint density at radius 1 is 1.17 bits per heavy atom. The first-order valence-electron chi connectivity index (χ1n) is 9.06. The molecular weight excluding hydrogens is 466 g/mol. The number of thiazole rings is 1. The Balaban J connectivity index is 1.62. The zero-order valence-electron chi connectivity index (χ0n) is 15.7. The van der Waals surface area contributed by atoms with Gasteiger partial charge in [-0.25, -0.2) is 4.98 Å². The molecule has 8 heteroatoms. The standard InChI is InChI=1S/C22H14BrN3O3S/c1-12-16(10-24-29-12)21(27)26-19-15-9-14(23)7-8-18(15)28-20(19)17-11-30-22(25-17)13-5-3-2-4-6-13/h2-11H,1H3,(H,26,27). The van der Waals surface area contributed by atoms with Gasteiger partial charge in [-0.2, -0.15) is 0 Å². The Labute approximate surface area is 183 Å². The fraction of sp³-hybridized carbons (Fsp3) is 0.0455. The van der Waals surface area contributed by atoms with Gasteiger partial charge in [0.05, 0.1) is 11.9 Å². The van der Waals surface area contributed by atoms with E-state index in [9.17, 15) is 4.79 Å². The molecule has 0 saturated heterocycles. The lowest BCUT2D eigenvalue weighted by atomic mass is 10.2. The van der Waals surface area contributed by atoms with E-state index in [2.05, 4.69) is 26.4 Å². The van der Waals surface area contributed by atoms with Gasteiger partial charge in [0.1, 0.15) is 27.6 Å². The minimum atomic E-state index is -0.323. The van der Waals surface area contributed by atoms with Crippen LogP contribution in [0, 0.1) is 6.92 Å². The molecule has 0 radical (unpaired) electrons. The molecule has 0 spiro atoms. The van der Waals surface area contributed by atoms with Crippen molar-refractivity contribution < 1.29 is 13.7 Å². The number of fused-ring (bicyclic) bond motifs is 1. The van der Waals surface area contributed by atoms with E-state index in [1.165, 1.54) is 17.5 Å². The zero-order chi connectivity index (χ0) is 20.7. The summed E-state index contributed by atoms with van der Waals surface area (Å²) in [6.45, 7) is 1.69. The summed E-state index contributed by atoms with van der Waals surface area (Å²) in [6.07, 6.45) is 1.40. The summed E-state index contributed by atoms with van der Waals surface area (Å²) >= 11 is 5.01. The molecule has 0 aliphatic rings. The van der Waals surface area contributed by atoms with Crippen LogP contribution in [0.2, 0.25) is 0 Å². The van der Waals surface area contributed by atoms with Gasteiger partial charge in [-0.3, -0.25) is 4.79 Å². The highest BCUT2D eigenvalue weighted by molar-refractivity contribution is 9.10. The third-order valence-corrected chi connectivity index (χ3v) is 6.03. The first kappa shape index (κ1) is 18.8. The van der Waals surface area contributed by atoms with Gasteiger partial charge in [-0.15, -0.1) is 11.3 Å². The highest BCUT2D eigenvalue weighted by atomic mass is 79.9. The minimum absolute atomic E-state index is 0.323. The van der Waals surface area contributed by atoms with Crippen LogP contribution in [0.15, 0.2) is 73.5 Å². The second-order valence-corrected chi connectivity index (χ2v) is 8.37. The van der Waals surface area contributed by atoms with Gasteiger partial charge < -0.3 is 14.3 Å². The quantitative estimate of drug-likeness (QED) is 0.316. The molecule has 6 nitrogen and oxygen atoms in total. The number of benzene rings is 2. The number of nitrogens with zero attached hydrogens (tertiary/aromatic N) is 2. The number of carbonyl (C=O) groups excluding carboxylic acids is 1. The maximum Gasteiger partial charge on any atom is 0.261 e. The van der Waals surface area contributed by atoms with Crippen molar-refractivity contribution in [3.8, 4) is 22.0 Å². The average molecular weight is 480 g/mol. The third-order valence-electron chi connectivity index (χ3n) is 4.64. The number of aromatic nitrogens is 2. The summed E-state index contributed by atoms with van der Waals surface area (Å²) in [5, 5.41) is 10.2. The van der Waals surface area contributed by atoms with Crippen molar-refractivity contribution >= 4 is 49.8 Å². The van der Waals surface area contributed by atoms with Crippen LogP contribution in [0.3, 0.4) is 0 Å². The molecule has 0 bridgehead atoms. The van der Waals surface area contributed by atoms with Gasteiger partial charge in [-0.05, 0) is 25.1 Å². The number of halogens is 1. The maximum absolute atomic E-state index is 12.9. The second kappa shape index (κ2) is 7.55. The SMILES string of the molecule is Cc1oncc1C(=O)Nc1c(-c2csc(-c3ccccc3)n2)oc2ccc(Br)cc12. The number of hydrogen-bond acceptors (Lipinski definition) is 6. The van der Waals surface area contributed by atoms with Crippen molar-refractivity contribution in [2.75, 3.05) is 5.32 Å². The smallest absolute Gasteiger partial charge is 0.261 e. The van der Waals surface area contributed by atoms with E-state index in [4.69, 9.17) is 13.9 Å². The largest absolute Gasteiger partial charge is 0.452 e. The number of carbonyl (C=O) groups is 1. The molecule has 0 saturated carbocycles. The van der Waals surface area contributed by atoms with E-state index in [-0.39, 0.29) is 5.91 Å². The Kier molecular flexibility index (Phi) is 4.72. The zero-order valence-corrected chi connectivity index (χ0v) is 18.1. The normalized spacial score (nSPS) is 11.1. The predicted octanol–water partition coefficient (Wildman–Crippen LogP) is 6.53. The van der Waals surface area contributed by atoms with Gasteiger partial charge in [0.25, 0.3) is 5.91 Å². The lowest BCUT2D eigenvalue weighted by molar-refractivity contribution is 0.102. The third kappa shape index (κ3) is 3.34. The molecule has 3 heterocycles. The summed E-state index contributed by atoms with van der Waals surface area (Å²) in [4.78, 5) is 17.6. The van der Waals surface area contributed by atoms with Crippen molar-refractivity contribution in [3.63, 3.8) is 0 Å². The highest BCUT2D eigenvalue weighted by Crippen LogP contribution is 2.40. The summed E-state index contributed by atoms with van der Waals surface area (Å²) in [5.74, 6) is 0.628. The molecule has 3 aromatic heterocycles. The van der Waals surface area contributed by atoms with E-state index >= 15 is 0 Å². The van der Waals surface area contributed by atoms with Crippen LogP contribution in [0.4, 0.5) is 5.69 Å². The van der Waals surface area contributed by atoms with E-state index in [1.54, 1.807) is 6.92 Å². The number of hydrogen-bond donors (Lipinski definition) is 1. The maximum atomic E-state index is 12.9. The molecule has 0 atom stereocenters. The Morgan fingerprint density at radius 3 is 2.77 bits per heavy atom. The summed E-state index contributed by atoms with van der Waals surface area (Å²) in [5.41, 5.74) is 3.26. The number of amides is 1. The van der Waals surface area contributed by atoms with Crippen LogP contribution >= 0.6 is 27.3 Å². The molecule has 5 rings (SSSR count). The Morgan fingerprint density at radius 2 is 2.00 bits per heavy atom. The fourth-order valence-electron chi connectivity index (χ4n) is 3.16. The van der Waals surface area contributed by atoms with E-state index in [0.717, 1.165) is 20.4 Å². The fourth-order valence-corrected chi connectivity index (χ4v) is 4.33. The van der Waals surface area contributed by atoms with E-state index in [0.29, 0.717) is 34.0 Å². The number of furan rings is 1. The molecule has 0 unspecified atom stereocenters. The van der Waals surface area contributed by atoms with Crippen molar-refractivity contribution in [1.82, 2.24) is 10.1 Å². The molecule has 148 valence electrons.